The van der Waals surface area contributed by atoms with E-state index in [0.29, 0.717) is 5.75 Å². The zero-order chi connectivity index (χ0) is 44.4. The Morgan fingerprint density at radius 2 is 0.785 bits per heavy atom. The first-order valence-electron chi connectivity index (χ1n) is 24.6. The summed E-state index contributed by atoms with van der Waals surface area (Å²) >= 11 is 0. The first-order valence-corrected chi connectivity index (χ1v) is 24.6. The predicted molar refractivity (Wildman–Crippen MR) is 269 cm³/mol. The van der Waals surface area contributed by atoms with Crippen LogP contribution in [0, 0.1) is 11.8 Å². The van der Waals surface area contributed by atoms with Crippen molar-refractivity contribution >= 4 is 0 Å². The molecule has 0 atom stereocenters. The molecule has 4 heteroatoms. The van der Waals surface area contributed by atoms with Crippen LogP contribution in [0.25, 0.3) is 22.3 Å². The number of hydrogen-bond donors (Lipinski definition) is 1. The molecule has 1 N–H and O–H groups in total. The molecule has 0 amide bonds. The van der Waals surface area contributed by atoms with E-state index in [9.17, 15) is 5.11 Å². The molecule has 0 spiro atoms. The van der Waals surface area contributed by atoms with Crippen LogP contribution in [0.5, 0.6) is 11.5 Å². The van der Waals surface area contributed by atoms with E-state index in [1.54, 1.807) is 12.1 Å². The van der Waals surface area contributed by atoms with E-state index in [1.807, 2.05) is 24.3 Å². The molecule has 0 aliphatic heterocycles. The summed E-state index contributed by atoms with van der Waals surface area (Å²) in [6.45, 7) is 8.33. The Bertz CT molecular complexity index is 2230. The second-order valence-corrected chi connectivity index (χ2v) is 18.6. The molecule has 0 saturated heterocycles. The predicted octanol–water partition coefficient (Wildman–Crippen LogP) is 16.6. The first kappa shape index (κ1) is 49.5. The molecule has 8 rings (SSSR count). The molecule has 0 unspecified atom stereocenters. The maximum absolute atomic E-state index is 9.40. The van der Waals surface area contributed by atoms with Gasteiger partial charge in [-0.25, -0.2) is 0 Å². The van der Waals surface area contributed by atoms with Crippen LogP contribution in [0.2, 0.25) is 0 Å². The van der Waals surface area contributed by atoms with E-state index < -0.39 is 0 Å². The van der Waals surface area contributed by atoms with Gasteiger partial charge in [0.25, 0.3) is 0 Å². The molecule has 0 bridgehead atoms. The molecule has 1 radical (unpaired) electrons. The summed E-state index contributed by atoms with van der Waals surface area (Å²) in [7, 11) is 0. The van der Waals surface area contributed by atoms with E-state index in [1.165, 1.54) is 139 Å². The van der Waals surface area contributed by atoms with Gasteiger partial charge in [0.1, 0.15) is 11.5 Å². The smallest absolute Gasteiger partial charge is 0.229 e. The van der Waals surface area contributed by atoms with Crippen LogP contribution in [-0.2, 0) is 49.0 Å². The van der Waals surface area contributed by atoms with Gasteiger partial charge >= 0.3 is 0 Å². The van der Waals surface area contributed by atoms with Crippen LogP contribution in [0.4, 0.5) is 0 Å². The Morgan fingerprint density at radius 3 is 1.12 bits per heavy atom. The average Bonchev–Trinajstić information content (AvgIpc) is 3.35. The quantitative estimate of drug-likeness (QED) is 0.0531. The summed E-state index contributed by atoms with van der Waals surface area (Å²) in [5.74, 6) is 4.59. The van der Waals surface area contributed by atoms with Crippen LogP contribution in [0.1, 0.15) is 136 Å². The molecule has 2 fully saturated rings. The second kappa shape index (κ2) is 26.3. The van der Waals surface area contributed by atoms with Gasteiger partial charge in [-0.3, -0.25) is 0 Å². The van der Waals surface area contributed by atoms with Gasteiger partial charge in [0.15, 0.2) is 0 Å². The monoisotopic (exact) mass is 903 g/mol. The summed E-state index contributed by atoms with van der Waals surface area (Å²) < 4.78 is 10.5. The Balaban J connectivity index is 0.000000214. The maximum Gasteiger partial charge on any atom is 0.229 e. The molecule has 6 aromatic rings. The fraction of sp³-hybridized carbons (Fsp3) is 0.377. The Hall–Kier alpha value is -4.96. The molecule has 0 aromatic heterocycles. The van der Waals surface area contributed by atoms with Crippen molar-refractivity contribution in [2.75, 3.05) is 6.79 Å². The van der Waals surface area contributed by atoms with Crippen molar-refractivity contribution in [3.05, 3.63) is 192 Å². The third-order valence-electron chi connectivity index (χ3n) is 14.1. The number of phenolic OH excluding ortho intramolecular Hbond substituents is 1. The van der Waals surface area contributed by atoms with Crippen molar-refractivity contribution in [2.24, 2.45) is 11.8 Å². The molecule has 65 heavy (non-hydrogen) atoms. The second-order valence-electron chi connectivity index (χ2n) is 18.6. The van der Waals surface area contributed by atoms with Gasteiger partial charge in [-0.05, 0) is 181 Å². The summed E-state index contributed by atoms with van der Waals surface area (Å²) in [4.78, 5) is 0. The Kier molecular flexibility index (Phi) is 20.0. The number of phenols is 1. The van der Waals surface area contributed by atoms with E-state index in [4.69, 9.17) is 9.47 Å². The molecular weight excluding hydrogens is 832 g/mol. The zero-order valence-electron chi connectivity index (χ0n) is 39.2. The summed E-state index contributed by atoms with van der Waals surface area (Å²) in [5.41, 5.74) is 13.5. The van der Waals surface area contributed by atoms with Crippen LogP contribution >= 0.6 is 0 Å². The Labute approximate surface area is 403 Å². The molecule has 2 aliphatic rings. The number of rotatable bonds is 18. The van der Waals surface area contributed by atoms with E-state index in [2.05, 4.69) is 130 Å². The van der Waals surface area contributed by atoms with Gasteiger partial charge in [-0.1, -0.05) is 167 Å². The fourth-order valence-corrected chi connectivity index (χ4v) is 10.2. The maximum atomic E-state index is 9.40. The van der Waals surface area contributed by atoms with Gasteiger partial charge in [0.05, 0.1) is 6.26 Å². The number of ether oxygens (including phenoxy) is 2. The van der Waals surface area contributed by atoms with Crippen LogP contribution in [-0.4, -0.2) is 11.9 Å². The van der Waals surface area contributed by atoms with E-state index in [-0.39, 0.29) is 25.3 Å². The largest absolute Gasteiger partial charge is 0.508 e. The van der Waals surface area contributed by atoms with Gasteiger partial charge in [-0.15, -0.1) is 0 Å². The molecule has 2 saturated carbocycles. The van der Waals surface area contributed by atoms with Crippen LogP contribution in [0.3, 0.4) is 0 Å². The molecule has 6 aromatic carbocycles. The zero-order valence-corrected chi connectivity index (χ0v) is 40.6. The van der Waals surface area contributed by atoms with E-state index in [0.717, 1.165) is 55.1 Å². The SMILES string of the molecule is C=COCOc1ccc(CCc2ccc(-c3ccc(C4CCC(CCC)CC4)cc3)cc2)cc1.CCCC1CCC(c2ccc(-c3ccc(CCc4ccc(O)cc4)cc3)cc2)CC1.[V]. The minimum absolute atomic E-state index is 0. The van der Waals surface area contributed by atoms with Crippen molar-refractivity contribution in [3.8, 4) is 33.8 Å². The molecule has 339 valence electrons. The third kappa shape index (κ3) is 15.3. The number of aromatic hydroxyl groups is 1. The number of benzene rings is 6. The van der Waals surface area contributed by atoms with Crippen molar-refractivity contribution in [3.63, 3.8) is 0 Å². The minimum Gasteiger partial charge on any atom is -0.508 e. The molecule has 2 aliphatic carbocycles. The van der Waals surface area contributed by atoms with Crippen molar-refractivity contribution in [2.45, 2.75) is 128 Å². The topological polar surface area (TPSA) is 38.7 Å². The van der Waals surface area contributed by atoms with Gasteiger partial charge in [0.2, 0.25) is 6.79 Å². The summed E-state index contributed by atoms with van der Waals surface area (Å²) in [6, 6.07) is 52.5. The van der Waals surface area contributed by atoms with Crippen molar-refractivity contribution < 1.29 is 33.1 Å². The molecule has 0 heterocycles. The minimum atomic E-state index is 0. The van der Waals surface area contributed by atoms with Gasteiger partial charge < -0.3 is 14.6 Å². The number of aryl methyl sites for hydroxylation is 4. The van der Waals surface area contributed by atoms with Crippen molar-refractivity contribution in [1.29, 1.82) is 0 Å². The third-order valence-corrected chi connectivity index (χ3v) is 14.1. The van der Waals surface area contributed by atoms with Crippen LogP contribution < -0.4 is 4.74 Å². The van der Waals surface area contributed by atoms with E-state index >= 15 is 0 Å². The Morgan fingerprint density at radius 1 is 0.462 bits per heavy atom. The average molecular weight is 904 g/mol. The van der Waals surface area contributed by atoms with Gasteiger partial charge in [-0.2, -0.15) is 0 Å². The summed E-state index contributed by atoms with van der Waals surface area (Å²) in [5, 5.41) is 9.40. The fourth-order valence-electron chi connectivity index (χ4n) is 10.2. The summed E-state index contributed by atoms with van der Waals surface area (Å²) in [6.07, 6.45) is 22.0. The van der Waals surface area contributed by atoms with Crippen molar-refractivity contribution in [1.82, 2.24) is 0 Å². The standard InChI is InChI=1S/C32H38O2.C29H34O.V/c1-3-5-25-8-14-28(15-9-25)30-18-20-31(21-19-30)29-16-10-26(11-17-29)6-7-27-12-22-32(23-13-27)34-24-33-4-2;1-2-3-22-6-12-25(13-7-22)27-16-18-28(19-17-27)26-14-8-23(9-15-26)4-5-24-10-20-29(30)21-11-24;/h4,10-13,16-23,25,28H,2-3,5-9,14-15,24H2,1H3;8-11,14-22,25,30H,2-7,12-13H2,1H3;. The molecule has 3 nitrogen and oxygen atoms in total. The van der Waals surface area contributed by atoms with Gasteiger partial charge in [0, 0.05) is 18.6 Å². The molecular formula is C61H72O3V. The number of hydrogen-bond acceptors (Lipinski definition) is 3. The van der Waals surface area contributed by atoms with Crippen LogP contribution in [0.15, 0.2) is 158 Å². The first-order chi connectivity index (χ1) is 31.5. The normalized spacial score (nSPS) is 18.1.